The monoisotopic (exact) mass is 230 g/mol. The van der Waals surface area contributed by atoms with E-state index < -0.39 is 0 Å². The Labute approximate surface area is 98.4 Å². The van der Waals surface area contributed by atoms with Gasteiger partial charge in [0.15, 0.2) is 0 Å². The molecule has 0 radical (unpaired) electrons. The Hall–Kier alpha value is 0.210. The zero-order chi connectivity index (χ0) is 10.5. The first kappa shape index (κ1) is 11.7. The molecule has 0 bridgehead atoms. The van der Waals surface area contributed by atoms with Gasteiger partial charge in [-0.25, -0.2) is 0 Å². The van der Waals surface area contributed by atoms with Gasteiger partial charge in [0.1, 0.15) is 0 Å². The zero-order valence-electron chi connectivity index (χ0n) is 9.55. The molecule has 0 amide bonds. The fourth-order valence-electron chi connectivity index (χ4n) is 2.56. The van der Waals surface area contributed by atoms with E-state index in [0.29, 0.717) is 5.38 Å². The predicted molar refractivity (Wildman–Crippen MR) is 65.5 cm³/mol. The minimum atomic E-state index is 0.474. The van der Waals surface area contributed by atoms with Crippen molar-refractivity contribution in [2.75, 3.05) is 32.7 Å². The van der Waals surface area contributed by atoms with Gasteiger partial charge in [-0.15, -0.1) is 11.6 Å². The minimum absolute atomic E-state index is 0.474. The third kappa shape index (κ3) is 3.93. The van der Waals surface area contributed by atoms with Crippen molar-refractivity contribution in [2.24, 2.45) is 5.92 Å². The van der Waals surface area contributed by atoms with Crippen LogP contribution < -0.4 is 5.32 Å². The second kappa shape index (κ2) is 6.07. The fourth-order valence-corrected chi connectivity index (χ4v) is 3.07. The molecule has 88 valence electrons. The molecule has 2 fully saturated rings. The summed E-state index contributed by atoms with van der Waals surface area (Å²) in [6.45, 7) is 6.31. The van der Waals surface area contributed by atoms with E-state index in [4.69, 9.17) is 11.6 Å². The lowest BCUT2D eigenvalue weighted by Gasteiger charge is -2.31. The summed E-state index contributed by atoms with van der Waals surface area (Å²) in [5.41, 5.74) is 0. The van der Waals surface area contributed by atoms with Gasteiger partial charge in [0.05, 0.1) is 0 Å². The van der Waals surface area contributed by atoms with Crippen molar-refractivity contribution in [3.63, 3.8) is 0 Å². The van der Waals surface area contributed by atoms with Gasteiger partial charge in [0, 0.05) is 5.38 Å². The molecule has 0 aromatic rings. The Balaban J connectivity index is 1.39. The molecule has 1 N–H and O–H groups in total. The van der Waals surface area contributed by atoms with Crippen LogP contribution in [-0.2, 0) is 0 Å². The Kier molecular flexibility index (Phi) is 4.73. The Bertz CT molecular complexity index is 174. The van der Waals surface area contributed by atoms with E-state index in [-0.39, 0.29) is 0 Å². The number of rotatable bonds is 6. The van der Waals surface area contributed by atoms with Crippen LogP contribution in [-0.4, -0.2) is 43.0 Å². The molecule has 1 heterocycles. The van der Waals surface area contributed by atoms with Crippen LogP contribution in [0.3, 0.4) is 0 Å². The average molecular weight is 231 g/mol. The highest BCUT2D eigenvalue weighted by atomic mass is 35.5. The van der Waals surface area contributed by atoms with E-state index in [2.05, 4.69) is 10.2 Å². The van der Waals surface area contributed by atoms with Crippen LogP contribution in [0.25, 0.3) is 0 Å². The van der Waals surface area contributed by atoms with Crippen LogP contribution in [0.15, 0.2) is 0 Å². The normalized spacial score (nSPS) is 31.8. The van der Waals surface area contributed by atoms with E-state index in [0.717, 1.165) is 5.92 Å². The zero-order valence-corrected chi connectivity index (χ0v) is 10.3. The van der Waals surface area contributed by atoms with Crippen molar-refractivity contribution >= 4 is 11.6 Å². The molecule has 0 unspecified atom stereocenters. The lowest BCUT2D eigenvalue weighted by atomic mass is 9.85. The molecule has 0 aromatic heterocycles. The summed E-state index contributed by atoms with van der Waals surface area (Å²) in [7, 11) is 0. The summed E-state index contributed by atoms with van der Waals surface area (Å²) in [4.78, 5) is 2.58. The second-order valence-corrected chi connectivity index (χ2v) is 5.66. The lowest BCUT2D eigenvalue weighted by Crippen LogP contribution is -2.34. The number of nitrogens with zero attached hydrogens (tertiary/aromatic N) is 1. The van der Waals surface area contributed by atoms with E-state index in [9.17, 15) is 0 Å². The summed E-state index contributed by atoms with van der Waals surface area (Å²) >= 11 is 5.94. The topological polar surface area (TPSA) is 15.3 Å². The molecular weight excluding hydrogens is 208 g/mol. The van der Waals surface area contributed by atoms with Crippen LogP contribution in [0.5, 0.6) is 0 Å². The van der Waals surface area contributed by atoms with Gasteiger partial charge in [0.2, 0.25) is 0 Å². The first-order valence-electron chi connectivity index (χ1n) is 6.42. The highest BCUT2D eigenvalue weighted by Gasteiger charge is 2.26. The molecule has 1 saturated carbocycles. The van der Waals surface area contributed by atoms with Gasteiger partial charge < -0.3 is 10.2 Å². The number of alkyl halides is 1. The molecule has 15 heavy (non-hydrogen) atoms. The largest absolute Gasteiger partial charge is 0.316 e. The summed E-state index contributed by atoms with van der Waals surface area (Å²) in [5, 5.41) is 4.02. The van der Waals surface area contributed by atoms with E-state index in [1.54, 1.807) is 0 Å². The van der Waals surface area contributed by atoms with Crippen molar-refractivity contribution in [3.05, 3.63) is 0 Å². The molecule has 2 nitrogen and oxygen atoms in total. The van der Waals surface area contributed by atoms with E-state index >= 15 is 0 Å². The smallest absolute Gasteiger partial charge is 0.0342 e. The summed E-state index contributed by atoms with van der Waals surface area (Å²) in [5.74, 6) is 0.860. The van der Waals surface area contributed by atoms with Gasteiger partial charge >= 0.3 is 0 Å². The van der Waals surface area contributed by atoms with Crippen LogP contribution in [0.2, 0.25) is 0 Å². The Morgan fingerprint density at radius 2 is 1.93 bits per heavy atom. The standard InChI is InChI=1S/C12H23ClN2/c13-12-8-11(9-12)10-14-4-3-7-15-5-1-2-6-15/h11-12,14H,1-10H2. The van der Waals surface area contributed by atoms with Gasteiger partial charge in [-0.1, -0.05) is 0 Å². The quantitative estimate of drug-likeness (QED) is 0.555. The number of halogens is 1. The number of likely N-dealkylation sites (tertiary alicyclic amines) is 1. The fraction of sp³-hybridized carbons (Fsp3) is 1.00. The highest BCUT2D eigenvalue weighted by Crippen LogP contribution is 2.30. The van der Waals surface area contributed by atoms with Crippen LogP contribution >= 0.6 is 11.6 Å². The number of hydrogen-bond donors (Lipinski definition) is 1. The average Bonchev–Trinajstić information content (AvgIpc) is 2.67. The lowest BCUT2D eigenvalue weighted by molar-refractivity contribution is 0.298. The number of nitrogens with one attached hydrogen (secondary N) is 1. The maximum absolute atomic E-state index is 5.94. The minimum Gasteiger partial charge on any atom is -0.316 e. The maximum Gasteiger partial charge on any atom is 0.0342 e. The second-order valence-electron chi connectivity index (χ2n) is 5.04. The molecule has 2 rings (SSSR count). The van der Waals surface area contributed by atoms with Gasteiger partial charge in [-0.3, -0.25) is 0 Å². The summed E-state index contributed by atoms with van der Waals surface area (Å²) < 4.78 is 0. The molecule has 1 aliphatic heterocycles. The third-order valence-electron chi connectivity index (χ3n) is 3.64. The summed E-state index contributed by atoms with van der Waals surface area (Å²) in [6.07, 6.45) is 6.57. The first-order valence-corrected chi connectivity index (χ1v) is 6.85. The van der Waals surface area contributed by atoms with Gasteiger partial charge in [-0.05, 0) is 70.7 Å². The van der Waals surface area contributed by atoms with Crippen molar-refractivity contribution < 1.29 is 0 Å². The molecule has 0 aromatic carbocycles. The molecule has 2 aliphatic rings. The first-order chi connectivity index (χ1) is 7.34. The highest BCUT2D eigenvalue weighted by molar-refractivity contribution is 6.21. The molecule has 0 spiro atoms. The summed E-state index contributed by atoms with van der Waals surface area (Å²) in [6, 6.07) is 0. The SMILES string of the molecule is ClC1CC(CNCCCN2CCCC2)C1. The third-order valence-corrected chi connectivity index (χ3v) is 3.99. The van der Waals surface area contributed by atoms with Crippen LogP contribution in [0, 0.1) is 5.92 Å². The van der Waals surface area contributed by atoms with Crippen LogP contribution in [0.1, 0.15) is 32.1 Å². The molecule has 1 saturated heterocycles. The van der Waals surface area contributed by atoms with Gasteiger partial charge in [-0.2, -0.15) is 0 Å². The van der Waals surface area contributed by atoms with Crippen molar-refractivity contribution in [1.82, 2.24) is 10.2 Å². The molecule has 1 aliphatic carbocycles. The van der Waals surface area contributed by atoms with E-state index in [1.807, 2.05) is 0 Å². The maximum atomic E-state index is 5.94. The number of hydrogen-bond acceptors (Lipinski definition) is 2. The van der Waals surface area contributed by atoms with E-state index in [1.165, 1.54) is 64.8 Å². The predicted octanol–water partition coefficient (Wildman–Crippen LogP) is 2.08. The van der Waals surface area contributed by atoms with Crippen molar-refractivity contribution in [1.29, 1.82) is 0 Å². The molecule has 0 atom stereocenters. The van der Waals surface area contributed by atoms with Gasteiger partial charge in [0.25, 0.3) is 0 Å². The molecule has 3 heteroatoms. The Morgan fingerprint density at radius 1 is 1.20 bits per heavy atom. The van der Waals surface area contributed by atoms with Crippen molar-refractivity contribution in [3.8, 4) is 0 Å². The van der Waals surface area contributed by atoms with Crippen LogP contribution in [0.4, 0.5) is 0 Å². The van der Waals surface area contributed by atoms with Crippen molar-refractivity contribution in [2.45, 2.75) is 37.5 Å². The Morgan fingerprint density at radius 3 is 2.60 bits per heavy atom. The molecular formula is C12H23ClN2.